The Labute approximate surface area is 149 Å². The molecule has 1 aliphatic rings. The summed E-state index contributed by atoms with van der Waals surface area (Å²) in [6.45, 7) is 4.00. The van der Waals surface area contributed by atoms with Crippen molar-refractivity contribution >= 4 is 29.2 Å². The van der Waals surface area contributed by atoms with Crippen molar-refractivity contribution < 1.29 is 9.72 Å². The topological polar surface area (TPSA) is 90.1 Å². The lowest BCUT2D eigenvalue weighted by Gasteiger charge is -2.15. The van der Waals surface area contributed by atoms with E-state index in [0.717, 1.165) is 35.6 Å². The van der Waals surface area contributed by atoms with Crippen LogP contribution in [-0.2, 0) is 16.3 Å². The van der Waals surface area contributed by atoms with Gasteiger partial charge in [-0.3, -0.25) is 14.9 Å². The number of anilines is 1. The van der Waals surface area contributed by atoms with Crippen LogP contribution in [0.4, 0.5) is 11.5 Å². The number of nitro benzene ring substituents is 1. The normalized spacial score (nSPS) is 13.1. The first-order valence-electron chi connectivity index (χ1n) is 8.29. The summed E-state index contributed by atoms with van der Waals surface area (Å²) in [4.78, 5) is 23.0. The van der Waals surface area contributed by atoms with E-state index in [1.54, 1.807) is 28.6 Å². The molecule has 7 nitrogen and oxygen atoms in total. The van der Waals surface area contributed by atoms with E-state index in [4.69, 9.17) is 0 Å². The van der Waals surface area contributed by atoms with Crippen LogP contribution >= 0.6 is 11.8 Å². The number of rotatable bonds is 6. The molecular formula is C17H20N4O3S. The van der Waals surface area contributed by atoms with E-state index in [1.165, 1.54) is 12.1 Å². The molecule has 1 aromatic heterocycles. The number of non-ortho nitro benzene ring substituents is 1. The summed E-state index contributed by atoms with van der Waals surface area (Å²) in [5.41, 5.74) is 2.73. The third kappa shape index (κ3) is 3.39. The number of benzene rings is 1. The van der Waals surface area contributed by atoms with Crippen molar-refractivity contribution in [3.63, 3.8) is 0 Å². The number of fused-ring (bicyclic) bond motifs is 1. The van der Waals surface area contributed by atoms with Crippen LogP contribution in [0.5, 0.6) is 0 Å². The second-order valence-corrected chi connectivity index (χ2v) is 6.94. The molecule has 0 radical (unpaired) electrons. The van der Waals surface area contributed by atoms with E-state index >= 15 is 0 Å². The number of thioether (sulfide) groups is 1. The molecule has 1 aromatic carbocycles. The minimum Gasteiger partial charge on any atom is -0.310 e. The molecule has 1 aliphatic heterocycles. The zero-order valence-corrected chi connectivity index (χ0v) is 15.0. The summed E-state index contributed by atoms with van der Waals surface area (Å²) >= 11 is 1.76. The van der Waals surface area contributed by atoms with E-state index in [2.05, 4.69) is 10.4 Å². The summed E-state index contributed by atoms with van der Waals surface area (Å²) in [5, 5.41) is 18.5. The molecule has 0 unspecified atom stereocenters. The highest BCUT2D eigenvalue weighted by molar-refractivity contribution is 7.98. The lowest BCUT2D eigenvalue weighted by molar-refractivity contribution is -0.384. The molecular weight excluding hydrogens is 340 g/mol. The van der Waals surface area contributed by atoms with Crippen molar-refractivity contribution in [3.8, 4) is 5.69 Å². The van der Waals surface area contributed by atoms with Crippen LogP contribution in [0.15, 0.2) is 24.3 Å². The Morgan fingerprint density at radius 3 is 2.60 bits per heavy atom. The largest absolute Gasteiger partial charge is 0.310 e. The van der Waals surface area contributed by atoms with Gasteiger partial charge in [0, 0.05) is 35.1 Å². The molecule has 0 saturated carbocycles. The third-order valence-electron chi connectivity index (χ3n) is 4.45. The maximum absolute atomic E-state index is 12.6. The summed E-state index contributed by atoms with van der Waals surface area (Å²) < 4.78 is 1.69. The van der Waals surface area contributed by atoms with Gasteiger partial charge < -0.3 is 5.32 Å². The molecule has 3 rings (SSSR count). The zero-order valence-electron chi connectivity index (χ0n) is 14.2. The van der Waals surface area contributed by atoms with Crippen molar-refractivity contribution in [1.82, 2.24) is 9.78 Å². The minimum atomic E-state index is -0.431. The zero-order chi connectivity index (χ0) is 18.0. The number of aromatic nitrogens is 2. The Morgan fingerprint density at radius 1 is 1.32 bits per heavy atom. The highest BCUT2D eigenvalue weighted by Gasteiger charge is 2.26. The van der Waals surface area contributed by atoms with Crippen LogP contribution in [-0.4, -0.2) is 20.6 Å². The fourth-order valence-corrected chi connectivity index (χ4v) is 3.96. The highest BCUT2D eigenvalue weighted by atomic mass is 32.2. The van der Waals surface area contributed by atoms with Gasteiger partial charge in [-0.1, -0.05) is 13.8 Å². The van der Waals surface area contributed by atoms with E-state index in [-0.39, 0.29) is 17.5 Å². The summed E-state index contributed by atoms with van der Waals surface area (Å²) in [6.07, 6.45) is 1.57. The van der Waals surface area contributed by atoms with Crippen molar-refractivity contribution in [2.45, 2.75) is 38.2 Å². The molecule has 25 heavy (non-hydrogen) atoms. The summed E-state index contributed by atoms with van der Waals surface area (Å²) in [5.74, 6) is 2.26. The van der Waals surface area contributed by atoms with Crippen molar-refractivity contribution in [2.75, 3.05) is 5.32 Å². The first-order chi connectivity index (χ1) is 12.0. The maximum atomic E-state index is 12.6. The fourth-order valence-electron chi connectivity index (χ4n) is 2.92. The second-order valence-electron chi connectivity index (χ2n) is 5.95. The van der Waals surface area contributed by atoms with E-state index in [0.29, 0.717) is 11.5 Å². The summed E-state index contributed by atoms with van der Waals surface area (Å²) in [7, 11) is 0. The number of carbonyl (C=O) groups excluding carboxylic acids is 1. The van der Waals surface area contributed by atoms with Crippen LogP contribution < -0.4 is 5.32 Å². The number of hydrogen-bond acceptors (Lipinski definition) is 5. The Bertz CT molecular complexity index is 797. The molecule has 1 amide bonds. The third-order valence-corrected chi connectivity index (χ3v) is 5.43. The van der Waals surface area contributed by atoms with Gasteiger partial charge in [0.15, 0.2) is 0 Å². The van der Waals surface area contributed by atoms with Gasteiger partial charge in [0.1, 0.15) is 5.82 Å². The van der Waals surface area contributed by atoms with E-state index < -0.39 is 4.92 Å². The van der Waals surface area contributed by atoms with Gasteiger partial charge in [0.2, 0.25) is 5.91 Å². The molecule has 0 atom stereocenters. The van der Waals surface area contributed by atoms with Gasteiger partial charge in [-0.05, 0) is 25.0 Å². The maximum Gasteiger partial charge on any atom is 0.269 e. The number of carbonyl (C=O) groups is 1. The first-order valence-corrected chi connectivity index (χ1v) is 9.44. The average Bonchev–Trinajstić information content (AvgIpc) is 3.19. The number of hydrogen-bond donors (Lipinski definition) is 1. The molecule has 0 spiro atoms. The Morgan fingerprint density at radius 2 is 2.00 bits per heavy atom. The van der Waals surface area contributed by atoms with Gasteiger partial charge in [0.05, 0.1) is 16.3 Å². The molecule has 2 heterocycles. The lowest BCUT2D eigenvalue weighted by atomic mass is 10.0. The first kappa shape index (κ1) is 17.5. The van der Waals surface area contributed by atoms with Gasteiger partial charge in [-0.25, -0.2) is 4.68 Å². The molecule has 0 fully saturated rings. The van der Waals surface area contributed by atoms with Crippen LogP contribution in [0.25, 0.3) is 5.69 Å². The predicted molar refractivity (Wildman–Crippen MR) is 97.9 cm³/mol. The van der Waals surface area contributed by atoms with Crippen molar-refractivity contribution in [1.29, 1.82) is 0 Å². The number of nitrogens with zero attached hydrogens (tertiary/aromatic N) is 3. The van der Waals surface area contributed by atoms with Crippen LogP contribution in [0.2, 0.25) is 0 Å². The molecule has 0 saturated heterocycles. The van der Waals surface area contributed by atoms with Crippen molar-refractivity contribution in [2.24, 2.45) is 5.92 Å². The standard InChI is InChI=1S/C17H20N4O3S/c1-3-11(4-2)17(22)18-16-14-9-25-10-15(14)19-20(16)12-5-7-13(8-6-12)21(23)24/h5-8,11H,3-4,9-10H2,1-2H3,(H,18,22). The predicted octanol–water partition coefficient (Wildman–Crippen LogP) is 3.90. The van der Waals surface area contributed by atoms with Gasteiger partial charge in [-0.15, -0.1) is 0 Å². The minimum absolute atomic E-state index is 0.00670. The molecule has 2 aromatic rings. The van der Waals surface area contributed by atoms with Crippen LogP contribution in [0.1, 0.15) is 37.9 Å². The average molecular weight is 360 g/mol. The summed E-state index contributed by atoms with van der Waals surface area (Å²) in [6, 6.07) is 6.20. The fraction of sp³-hybridized carbons (Fsp3) is 0.412. The lowest BCUT2D eigenvalue weighted by Crippen LogP contribution is -2.23. The van der Waals surface area contributed by atoms with Crippen LogP contribution in [0.3, 0.4) is 0 Å². The number of nitro groups is 1. The SMILES string of the molecule is CCC(CC)C(=O)Nc1c2c(nn1-c1ccc([N+](=O)[O-])cc1)CSC2. The quantitative estimate of drug-likeness (QED) is 0.623. The molecule has 0 bridgehead atoms. The van der Waals surface area contributed by atoms with E-state index in [1.807, 2.05) is 13.8 Å². The van der Waals surface area contributed by atoms with Crippen LogP contribution in [0, 0.1) is 16.0 Å². The smallest absolute Gasteiger partial charge is 0.269 e. The Balaban J connectivity index is 1.97. The number of nitrogens with one attached hydrogen (secondary N) is 1. The van der Waals surface area contributed by atoms with E-state index in [9.17, 15) is 14.9 Å². The Kier molecular flexibility index (Phi) is 5.08. The number of amides is 1. The molecule has 132 valence electrons. The monoisotopic (exact) mass is 360 g/mol. The molecule has 8 heteroatoms. The highest BCUT2D eigenvalue weighted by Crippen LogP contribution is 2.36. The molecule has 0 aliphatic carbocycles. The van der Waals surface area contributed by atoms with Gasteiger partial charge in [-0.2, -0.15) is 16.9 Å². The molecule has 1 N–H and O–H groups in total. The Hall–Kier alpha value is -2.35. The van der Waals surface area contributed by atoms with Gasteiger partial charge >= 0.3 is 0 Å². The van der Waals surface area contributed by atoms with Gasteiger partial charge in [0.25, 0.3) is 5.69 Å². The van der Waals surface area contributed by atoms with Crippen molar-refractivity contribution in [3.05, 3.63) is 45.6 Å². The second kappa shape index (κ2) is 7.26.